The Morgan fingerprint density at radius 3 is 2.59 bits per heavy atom. The summed E-state index contributed by atoms with van der Waals surface area (Å²) in [5, 5.41) is 7.33. The van der Waals surface area contributed by atoms with Crippen LogP contribution in [0.3, 0.4) is 0 Å². The molecule has 4 aromatic rings. The Bertz CT molecular complexity index is 1210. The number of hydrogen-bond donors (Lipinski definition) is 2. The van der Waals surface area contributed by atoms with Crippen molar-refractivity contribution in [3.63, 3.8) is 0 Å². The zero-order valence-corrected chi connectivity index (χ0v) is 16.6. The van der Waals surface area contributed by atoms with Gasteiger partial charge in [0.2, 0.25) is 5.91 Å². The zero-order chi connectivity index (χ0) is 20.4. The van der Waals surface area contributed by atoms with Gasteiger partial charge in [-0.05, 0) is 30.3 Å². The van der Waals surface area contributed by atoms with E-state index < -0.39 is 0 Å². The van der Waals surface area contributed by atoms with Gasteiger partial charge in [-0.25, -0.2) is 4.98 Å². The number of fused-ring (bicyclic) bond motifs is 1. The molecule has 2 aromatic carbocycles. The van der Waals surface area contributed by atoms with Crippen molar-refractivity contribution in [2.45, 2.75) is 6.92 Å². The Morgan fingerprint density at radius 1 is 1.07 bits per heavy atom. The molecule has 0 aliphatic carbocycles. The molecule has 0 bridgehead atoms. The van der Waals surface area contributed by atoms with Gasteiger partial charge < -0.3 is 15.4 Å². The lowest BCUT2D eigenvalue weighted by atomic mass is 10.1. The molecule has 8 heteroatoms. The number of amides is 2. The largest absolute Gasteiger partial charge is 0.497 e. The number of anilines is 2. The lowest BCUT2D eigenvalue weighted by Gasteiger charge is -2.07. The first-order valence-electron chi connectivity index (χ1n) is 8.83. The first-order chi connectivity index (χ1) is 14.0. The Kier molecular flexibility index (Phi) is 5.01. The molecule has 2 amide bonds. The molecule has 29 heavy (non-hydrogen) atoms. The highest BCUT2D eigenvalue weighted by molar-refractivity contribution is 7.15. The number of aromatic nitrogens is 2. The zero-order valence-electron chi connectivity index (χ0n) is 15.8. The van der Waals surface area contributed by atoms with Crippen molar-refractivity contribution in [1.29, 1.82) is 0 Å². The summed E-state index contributed by atoms with van der Waals surface area (Å²) in [5.74, 6) is 0.318. The predicted octanol–water partition coefficient (Wildman–Crippen LogP) is 4.28. The summed E-state index contributed by atoms with van der Waals surface area (Å²) < 4.78 is 7.04. The third-order valence-corrected chi connectivity index (χ3v) is 5.09. The molecule has 4 rings (SSSR count). The molecule has 0 fully saturated rings. The predicted molar refractivity (Wildman–Crippen MR) is 114 cm³/mol. The summed E-state index contributed by atoms with van der Waals surface area (Å²) in [7, 11) is 1.62. The SMILES string of the molecule is COc1cccc(-c2cn3c(C(=O)Nc4cccc(NC(C)=O)c4)csc3n2)c1. The van der Waals surface area contributed by atoms with E-state index in [-0.39, 0.29) is 11.8 Å². The number of methoxy groups -OCH3 is 1. The van der Waals surface area contributed by atoms with Gasteiger partial charge in [0.05, 0.1) is 12.8 Å². The minimum atomic E-state index is -0.259. The minimum Gasteiger partial charge on any atom is -0.497 e. The first kappa shape index (κ1) is 18.7. The number of thiazole rings is 1. The van der Waals surface area contributed by atoms with Gasteiger partial charge in [-0.1, -0.05) is 18.2 Å². The maximum Gasteiger partial charge on any atom is 0.273 e. The van der Waals surface area contributed by atoms with E-state index >= 15 is 0 Å². The standard InChI is InChI=1S/C21H18N4O3S/c1-13(26)22-15-6-4-7-16(10-15)23-20(27)19-12-29-21-24-18(11-25(19)21)14-5-3-8-17(9-14)28-2/h3-12H,1-2H3,(H,22,26)(H,23,27). The number of nitrogens with zero attached hydrogens (tertiary/aromatic N) is 2. The Labute approximate surface area is 171 Å². The van der Waals surface area contributed by atoms with Crippen LogP contribution in [-0.2, 0) is 4.79 Å². The quantitative estimate of drug-likeness (QED) is 0.518. The van der Waals surface area contributed by atoms with Crippen LogP contribution in [0.25, 0.3) is 16.2 Å². The molecule has 0 aliphatic heterocycles. The van der Waals surface area contributed by atoms with Crippen LogP contribution >= 0.6 is 11.3 Å². The lowest BCUT2D eigenvalue weighted by molar-refractivity contribution is -0.114. The van der Waals surface area contributed by atoms with Gasteiger partial charge in [0.15, 0.2) is 4.96 Å². The second-order valence-corrected chi connectivity index (χ2v) is 7.18. The van der Waals surface area contributed by atoms with E-state index in [0.717, 1.165) is 22.0 Å². The van der Waals surface area contributed by atoms with Crippen LogP contribution in [0, 0.1) is 0 Å². The third kappa shape index (κ3) is 3.97. The number of benzene rings is 2. The normalized spacial score (nSPS) is 10.7. The van der Waals surface area contributed by atoms with Crippen LogP contribution in [0.15, 0.2) is 60.1 Å². The van der Waals surface area contributed by atoms with E-state index in [1.54, 1.807) is 41.2 Å². The highest BCUT2D eigenvalue weighted by Crippen LogP contribution is 2.27. The highest BCUT2D eigenvalue weighted by atomic mass is 32.1. The average molecular weight is 406 g/mol. The van der Waals surface area contributed by atoms with E-state index in [4.69, 9.17) is 4.74 Å². The summed E-state index contributed by atoms with van der Waals surface area (Å²) in [6.45, 7) is 1.44. The van der Waals surface area contributed by atoms with Crippen LogP contribution in [-0.4, -0.2) is 28.3 Å². The number of rotatable bonds is 5. The topological polar surface area (TPSA) is 84.7 Å². The second-order valence-electron chi connectivity index (χ2n) is 6.35. The molecule has 2 heterocycles. The van der Waals surface area contributed by atoms with Gasteiger partial charge in [0, 0.05) is 35.4 Å². The van der Waals surface area contributed by atoms with E-state index in [9.17, 15) is 9.59 Å². The van der Waals surface area contributed by atoms with Gasteiger partial charge in [-0.2, -0.15) is 0 Å². The number of ether oxygens (including phenoxy) is 1. The van der Waals surface area contributed by atoms with Gasteiger partial charge in [-0.3, -0.25) is 14.0 Å². The van der Waals surface area contributed by atoms with Crippen LogP contribution in [0.4, 0.5) is 11.4 Å². The Morgan fingerprint density at radius 2 is 1.83 bits per heavy atom. The van der Waals surface area contributed by atoms with Crippen LogP contribution < -0.4 is 15.4 Å². The van der Waals surface area contributed by atoms with Crippen molar-refractivity contribution in [2.75, 3.05) is 17.7 Å². The first-order valence-corrected chi connectivity index (χ1v) is 9.71. The fraction of sp³-hybridized carbons (Fsp3) is 0.0952. The van der Waals surface area contributed by atoms with E-state index in [2.05, 4.69) is 15.6 Å². The molecule has 2 aromatic heterocycles. The third-order valence-electron chi connectivity index (χ3n) is 4.25. The second kappa shape index (κ2) is 7.76. The monoisotopic (exact) mass is 406 g/mol. The number of carbonyl (C=O) groups excluding carboxylic acids is 2. The summed E-state index contributed by atoms with van der Waals surface area (Å²) in [6.07, 6.45) is 1.84. The van der Waals surface area contributed by atoms with Gasteiger partial charge in [0.1, 0.15) is 11.4 Å². The van der Waals surface area contributed by atoms with Gasteiger partial charge >= 0.3 is 0 Å². The maximum atomic E-state index is 12.8. The van der Waals surface area contributed by atoms with Crippen LogP contribution in [0.5, 0.6) is 5.75 Å². The van der Waals surface area contributed by atoms with Crippen molar-refractivity contribution < 1.29 is 14.3 Å². The molecule has 0 spiro atoms. The molecule has 7 nitrogen and oxygen atoms in total. The van der Waals surface area contributed by atoms with Crippen molar-refractivity contribution in [3.05, 3.63) is 65.8 Å². The molecular formula is C21H18N4O3S. The fourth-order valence-electron chi connectivity index (χ4n) is 2.94. The molecule has 0 aliphatic rings. The molecule has 0 atom stereocenters. The molecule has 2 N–H and O–H groups in total. The molecular weight excluding hydrogens is 388 g/mol. The van der Waals surface area contributed by atoms with Crippen LogP contribution in [0.1, 0.15) is 17.4 Å². The number of carbonyl (C=O) groups is 2. The van der Waals surface area contributed by atoms with E-state index in [1.165, 1.54) is 18.3 Å². The summed E-state index contributed by atoms with van der Waals surface area (Å²) >= 11 is 1.39. The average Bonchev–Trinajstić information content (AvgIpc) is 3.28. The fourth-order valence-corrected chi connectivity index (χ4v) is 3.80. The van der Waals surface area contributed by atoms with E-state index in [1.807, 2.05) is 30.5 Å². The summed E-state index contributed by atoms with van der Waals surface area (Å²) in [5.41, 5.74) is 3.37. The van der Waals surface area contributed by atoms with Gasteiger partial charge in [-0.15, -0.1) is 11.3 Å². The molecule has 0 saturated heterocycles. The number of nitrogens with one attached hydrogen (secondary N) is 2. The van der Waals surface area contributed by atoms with Crippen molar-refractivity contribution in [2.24, 2.45) is 0 Å². The smallest absolute Gasteiger partial charge is 0.273 e. The molecule has 0 radical (unpaired) electrons. The van der Waals surface area contributed by atoms with E-state index in [0.29, 0.717) is 17.1 Å². The molecule has 0 unspecified atom stereocenters. The van der Waals surface area contributed by atoms with Crippen molar-refractivity contribution in [3.8, 4) is 17.0 Å². The van der Waals surface area contributed by atoms with Gasteiger partial charge in [0.25, 0.3) is 5.91 Å². The van der Waals surface area contributed by atoms with Crippen molar-refractivity contribution in [1.82, 2.24) is 9.38 Å². The summed E-state index contributed by atoms with van der Waals surface area (Å²) in [4.78, 5) is 29.4. The van der Waals surface area contributed by atoms with Crippen LogP contribution in [0.2, 0.25) is 0 Å². The maximum absolute atomic E-state index is 12.8. The molecule has 0 saturated carbocycles. The Balaban J connectivity index is 1.60. The number of imidazole rings is 1. The minimum absolute atomic E-state index is 0.170. The Hall–Kier alpha value is -3.65. The highest BCUT2D eigenvalue weighted by Gasteiger charge is 2.16. The summed E-state index contributed by atoms with van der Waals surface area (Å²) in [6, 6.07) is 14.6. The number of hydrogen-bond acceptors (Lipinski definition) is 5. The molecule has 146 valence electrons. The lowest BCUT2D eigenvalue weighted by Crippen LogP contribution is -2.14. The van der Waals surface area contributed by atoms with Crippen molar-refractivity contribution >= 4 is 39.5 Å².